The highest BCUT2D eigenvalue weighted by atomic mass is 16.3. The van der Waals surface area contributed by atoms with Gasteiger partial charge in [0.15, 0.2) is 0 Å². The lowest BCUT2D eigenvalue weighted by molar-refractivity contribution is 0.250. The molecule has 0 saturated carbocycles. The van der Waals surface area contributed by atoms with Gasteiger partial charge in [0.1, 0.15) is 5.76 Å². The molecule has 0 aromatic rings. The molecule has 0 rings (SSSR count). The number of hydrogen-bond acceptors (Lipinski definition) is 2. The van der Waals surface area contributed by atoms with E-state index in [1.165, 1.54) is 18.1 Å². The van der Waals surface area contributed by atoms with Crippen molar-refractivity contribution in [2.24, 2.45) is 11.3 Å². The summed E-state index contributed by atoms with van der Waals surface area (Å²) in [6, 6.07) is 0. The zero-order valence-electron chi connectivity index (χ0n) is 17.4. The van der Waals surface area contributed by atoms with Crippen LogP contribution in [0.5, 0.6) is 0 Å². The second-order valence-corrected chi connectivity index (χ2v) is 8.07. The van der Waals surface area contributed by atoms with E-state index in [1.54, 1.807) is 19.1 Å². The zero-order chi connectivity index (χ0) is 20.2. The van der Waals surface area contributed by atoms with E-state index in [-0.39, 0.29) is 11.2 Å². The van der Waals surface area contributed by atoms with Gasteiger partial charge in [0.05, 0.1) is 5.76 Å². The molecule has 0 fully saturated rings. The van der Waals surface area contributed by atoms with Crippen molar-refractivity contribution in [3.63, 3.8) is 0 Å². The Labute approximate surface area is 161 Å². The molecule has 0 aromatic carbocycles. The van der Waals surface area contributed by atoms with Crippen LogP contribution in [-0.2, 0) is 0 Å². The maximum Gasteiger partial charge on any atom is 0.114 e. The number of aliphatic hydroxyl groups is 2. The van der Waals surface area contributed by atoms with Crippen molar-refractivity contribution in [2.75, 3.05) is 0 Å². The SMILES string of the molecule is C=C/C(=C\C=C(/C)O)CCC(C)(C)CC(C)CC/C(C)=C/C=C(/O)C=C. The van der Waals surface area contributed by atoms with Crippen LogP contribution >= 0.6 is 0 Å². The molecule has 0 aliphatic carbocycles. The van der Waals surface area contributed by atoms with Crippen LogP contribution in [0.25, 0.3) is 0 Å². The highest BCUT2D eigenvalue weighted by Crippen LogP contribution is 2.34. The van der Waals surface area contributed by atoms with Crippen LogP contribution < -0.4 is 0 Å². The molecule has 2 N–H and O–H groups in total. The van der Waals surface area contributed by atoms with Crippen LogP contribution in [0, 0.1) is 11.3 Å². The number of aliphatic hydroxyl groups excluding tert-OH is 2. The minimum Gasteiger partial charge on any atom is -0.513 e. The van der Waals surface area contributed by atoms with Crippen LogP contribution in [0.1, 0.15) is 66.7 Å². The summed E-state index contributed by atoms with van der Waals surface area (Å²) >= 11 is 0. The minimum atomic E-state index is 0.204. The first-order valence-electron chi connectivity index (χ1n) is 9.47. The van der Waals surface area contributed by atoms with Gasteiger partial charge < -0.3 is 10.2 Å². The zero-order valence-corrected chi connectivity index (χ0v) is 17.4. The van der Waals surface area contributed by atoms with Gasteiger partial charge in [-0.15, -0.1) is 0 Å². The Kier molecular flexibility index (Phi) is 11.5. The molecule has 2 heteroatoms. The maximum atomic E-state index is 9.40. The Hall–Kier alpha value is -1.96. The fourth-order valence-electron chi connectivity index (χ4n) is 2.96. The Bertz CT molecular complexity index is 567. The van der Waals surface area contributed by atoms with Crippen LogP contribution in [0.4, 0.5) is 0 Å². The molecule has 0 aliphatic rings. The maximum absolute atomic E-state index is 9.40. The van der Waals surface area contributed by atoms with E-state index < -0.39 is 0 Å². The third kappa shape index (κ3) is 12.4. The molecule has 146 valence electrons. The van der Waals surface area contributed by atoms with E-state index in [0.717, 1.165) is 31.3 Å². The predicted octanol–water partition coefficient (Wildman–Crippen LogP) is 7.75. The van der Waals surface area contributed by atoms with Gasteiger partial charge in [0.2, 0.25) is 0 Å². The van der Waals surface area contributed by atoms with Gasteiger partial charge in [-0.05, 0) is 81.1 Å². The van der Waals surface area contributed by atoms with Gasteiger partial charge in [0.25, 0.3) is 0 Å². The van der Waals surface area contributed by atoms with Crippen LogP contribution in [0.3, 0.4) is 0 Å². The molecular weight excluding hydrogens is 320 g/mol. The third-order valence-electron chi connectivity index (χ3n) is 4.57. The first-order valence-corrected chi connectivity index (χ1v) is 9.47. The van der Waals surface area contributed by atoms with Crippen molar-refractivity contribution < 1.29 is 10.2 Å². The standard InChI is InChI=1S/C24H38O2/c1-8-22(14-13-21(5)25)16-17-24(6,7)18-20(4)11-10-19(3)12-15-23(26)9-2/h8-9,12-15,20,25-26H,1-2,10-11,16-18H2,3-7H3/b19-12+,21-13+,22-14+,23-15+. The number of allylic oxidation sites excluding steroid dienone is 9. The Morgan fingerprint density at radius 1 is 0.962 bits per heavy atom. The Morgan fingerprint density at radius 2 is 1.62 bits per heavy atom. The molecular formula is C24H38O2. The molecule has 0 bridgehead atoms. The van der Waals surface area contributed by atoms with E-state index in [2.05, 4.69) is 40.9 Å². The highest BCUT2D eigenvalue weighted by molar-refractivity contribution is 5.23. The summed E-state index contributed by atoms with van der Waals surface area (Å²) in [5.41, 5.74) is 2.69. The van der Waals surface area contributed by atoms with Gasteiger partial charge in [-0.3, -0.25) is 0 Å². The van der Waals surface area contributed by atoms with E-state index in [9.17, 15) is 10.2 Å². The molecule has 1 unspecified atom stereocenters. The van der Waals surface area contributed by atoms with Gasteiger partial charge in [-0.25, -0.2) is 0 Å². The topological polar surface area (TPSA) is 40.5 Å². The summed E-state index contributed by atoms with van der Waals surface area (Å²) in [5.74, 6) is 1.16. The van der Waals surface area contributed by atoms with Crippen LogP contribution in [-0.4, -0.2) is 10.2 Å². The molecule has 0 spiro atoms. The van der Waals surface area contributed by atoms with E-state index >= 15 is 0 Å². The van der Waals surface area contributed by atoms with Crippen molar-refractivity contribution >= 4 is 0 Å². The van der Waals surface area contributed by atoms with Crippen molar-refractivity contribution in [1.29, 1.82) is 0 Å². The van der Waals surface area contributed by atoms with Crippen LogP contribution in [0.15, 0.2) is 72.3 Å². The Balaban J connectivity index is 4.51. The van der Waals surface area contributed by atoms with Crippen molar-refractivity contribution in [1.82, 2.24) is 0 Å². The van der Waals surface area contributed by atoms with Gasteiger partial charge in [-0.2, -0.15) is 0 Å². The summed E-state index contributed by atoms with van der Waals surface area (Å²) in [7, 11) is 0. The number of hydrogen-bond donors (Lipinski definition) is 2. The van der Waals surface area contributed by atoms with E-state index in [0.29, 0.717) is 11.7 Å². The molecule has 0 aromatic heterocycles. The van der Waals surface area contributed by atoms with Crippen molar-refractivity contribution in [3.05, 3.63) is 72.3 Å². The first kappa shape index (κ1) is 24.0. The largest absolute Gasteiger partial charge is 0.513 e. The lowest BCUT2D eigenvalue weighted by atomic mass is 9.77. The van der Waals surface area contributed by atoms with Crippen molar-refractivity contribution in [3.8, 4) is 0 Å². The molecule has 0 saturated heterocycles. The fraction of sp³-hybridized carbons (Fsp3) is 0.500. The van der Waals surface area contributed by atoms with E-state index in [1.807, 2.05) is 18.2 Å². The quantitative estimate of drug-likeness (QED) is 0.276. The number of rotatable bonds is 12. The monoisotopic (exact) mass is 358 g/mol. The average molecular weight is 359 g/mol. The van der Waals surface area contributed by atoms with Gasteiger partial charge in [-0.1, -0.05) is 57.7 Å². The molecule has 26 heavy (non-hydrogen) atoms. The normalized spacial score (nSPS) is 15.7. The minimum absolute atomic E-state index is 0.204. The summed E-state index contributed by atoms with van der Waals surface area (Å²) in [5, 5.41) is 18.7. The second kappa shape index (κ2) is 12.4. The summed E-state index contributed by atoms with van der Waals surface area (Å²) in [6.45, 7) is 18.1. The van der Waals surface area contributed by atoms with Gasteiger partial charge >= 0.3 is 0 Å². The lowest BCUT2D eigenvalue weighted by Gasteiger charge is -2.28. The Morgan fingerprint density at radius 3 is 2.15 bits per heavy atom. The summed E-state index contributed by atoms with van der Waals surface area (Å²) < 4.78 is 0. The molecule has 0 aliphatic heterocycles. The summed E-state index contributed by atoms with van der Waals surface area (Å²) in [4.78, 5) is 0. The van der Waals surface area contributed by atoms with Crippen LogP contribution in [0.2, 0.25) is 0 Å². The molecule has 0 amide bonds. The highest BCUT2D eigenvalue weighted by Gasteiger charge is 2.21. The third-order valence-corrected chi connectivity index (χ3v) is 4.57. The molecule has 1 atom stereocenters. The lowest BCUT2D eigenvalue weighted by Crippen LogP contribution is -2.16. The molecule has 0 radical (unpaired) electrons. The molecule has 0 heterocycles. The summed E-state index contributed by atoms with van der Waals surface area (Å²) in [6.07, 6.45) is 16.1. The first-order chi connectivity index (χ1) is 12.1. The van der Waals surface area contributed by atoms with E-state index in [4.69, 9.17) is 0 Å². The molecule has 2 nitrogen and oxygen atoms in total. The predicted molar refractivity (Wildman–Crippen MR) is 115 cm³/mol. The van der Waals surface area contributed by atoms with Crippen molar-refractivity contribution in [2.45, 2.75) is 66.7 Å². The smallest absolute Gasteiger partial charge is 0.114 e. The second-order valence-electron chi connectivity index (χ2n) is 8.07. The van der Waals surface area contributed by atoms with Gasteiger partial charge in [0, 0.05) is 0 Å². The average Bonchev–Trinajstić information content (AvgIpc) is 2.57. The fourth-order valence-corrected chi connectivity index (χ4v) is 2.96.